The van der Waals surface area contributed by atoms with Gasteiger partial charge in [-0.3, -0.25) is 14.4 Å². The third-order valence-electron chi connectivity index (χ3n) is 6.01. The van der Waals surface area contributed by atoms with E-state index < -0.39 is 0 Å². The molecule has 1 aliphatic carbocycles. The lowest BCUT2D eigenvalue weighted by Gasteiger charge is -2.44. The van der Waals surface area contributed by atoms with Crippen molar-refractivity contribution < 1.29 is 4.79 Å². The minimum absolute atomic E-state index is 0.0497. The fourth-order valence-electron chi connectivity index (χ4n) is 4.43. The number of nitrogens with one attached hydrogen (secondary N) is 1. The van der Waals surface area contributed by atoms with E-state index in [0.29, 0.717) is 12.0 Å². The maximum atomic E-state index is 12.8. The van der Waals surface area contributed by atoms with Crippen molar-refractivity contribution in [3.63, 3.8) is 0 Å². The van der Waals surface area contributed by atoms with Gasteiger partial charge in [0.15, 0.2) is 0 Å². The van der Waals surface area contributed by atoms with E-state index in [1.54, 1.807) is 11.3 Å². The minimum atomic E-state index is 0.0497. The Morgan fingerprint density at radius 2 is 2.07 bits per heavy atom. The van der Waals surface area contributed by atoms with Crippen LogP contribution in [-0.4, -0.2) is 45.8 Å². The van der Waals surface area contributed by atoms with Crippen LogP contribution in [0.15, 0.2) is 6.07 Å². The molecule has 4 rings (SSSR count). The van der Waals surface area contributed by atoms with Gasteiger partial charge in [-0.15, -0.1) is 11.3 Å². The Bertz CT molecular complexity index is 894. The molecule has 2 aromatic heterocycles. The van der Waals surface area contributed by atoms with Crippen molar-refractivity contribution >= 4 is 27.5 Å². The zero-order valence-electron chi connectivity index (χ0n) is 16.9. The van der Waals surface area contributed by atoms with Gasteiger partial charge in [-0.25, -0.2) is 0 Å². The molecule has 1 saturated carbocycles. The maximum Gasteiger partial charge on any atom is 0.261 e. The summed E-state index contributed by atoms with van der Waals surface area (Å²) in [6.45, 7) is 9.10. The van der Waals surface area contributed by atoms with E-state index in [0.717, 1.165) is 66.1 Å². The van der Waals surface area contributed by atoms with E-state index in [2.05, 4.69) is 35.2 Å². The summed E-state index contributed by atoms with van der Waals surface area (Å²) in [6.07, 6.45) is 4.26. The van der Waals surface area contributed by atoms with Crippen molar-refractivity contribution in [3.05, 3.63) is 16.6 Å². The van der Waals surface area contributed by atoms with Crippen molar-refractivity contribution in [2.24, 2.45) is 11.8 Å². The average Bonchev–Trinajstić information content (AvgIpc) is 3.17. The van der Waals surface area contributed by atoms with Gasteiger partial charge in [0.25, 0.3) is 5.91 Å². The molecule has 28 heavy (non-hydrogen) atoms. The van der Waals surface area contributed by atoms with Crippen molar-refractivity contribution in [3.8, 4) is 6.07 Å². The molecule has 0 spiro atoms. The van der Waals surface area contributed by atoms with Crippen LogP contribution in [0, 0.1) is 30.1 Å². The summed E-state index contributed by atoms with van der Waals surface area (Å²) in [5.74, 6) is 0.793. The summed E-state index contributed by atoms with van der Waals surface area (Å²) < 4.78 is 2.05. The van der Waals surface area contributed by atoms with Gasteiger partial charge in [0.2, 0.25) is 0 Å². The molecule has 1 amide bonds. The Labute approximate surface area is 170 Å². The van der Waals surface area contributed by atoms with Gasteiger partial charge in [0, 0.05) is 37.1 Å². The van der Waals surface area contributed by atoms with Gasteiger partial charge in [0.05, 0.1) is 22.6 Å². The maximum absolute atomic E-state index is 12.8. The summed E-state index contributed by atoms with van der Waals surface area (Å²) in [4.78, 5) is 17.1. The zero-order valence-corrected chi connectivity index (χ0v) is 17.8. The summed E-state index contributed by atoms with van der Waals surface area (Å²) >= 11 is 1.55. The largest absolute Gasteiger partial charge is 0.349 e. The van der Waals surface area contributed by atoms with Crippen LogP contribution in [0.1, 0.15) is 54.9 Å². The monoisotopic (exact) mass is 399 g/mol. The summed E-state index contributed by atoms with van der Waals surface area (Å²) in [5, 5.41) is 17.9. The molecule has 6 nitrogen and oxygen atoms in total. The second kappa shape index (κ2) is 7.84. The topological polar surface area (TPSA) is 74.0 Å². The Morgan fingerprint density at radius 1 is 1.36 bits per heavy atom. The molecule has 0 bridgehead atoms. The number of likely N-dealkylation sites (tertiary alicyclic amines) is 1. The number of hydrogen-bond acceptors (Lipinski definition) is 5. The van der Waals surface area contributed by atoms with Crippen LogP contribution in [0.25, 0.3) is 10.2 Å². The number of nitrogens with zero attached hydrogens (tertiary/aromatic N) is 4. The van der Waals surface area contributed by atoms with Crippen molar-refractivity contribution in [1.29, 1.82) is 5.26 Å². The molecule has 0 atom stereocenters. The first-order valence-electron chi connectivity index (χ1n) is 10.4. The number of fused-ring (bicyclic) bond motifs is 1. The number of thiophene rings is 1. The normalized spacial score (nSPS) is 23.7. The van der Waals surface area contributed by atoms with E-state index in [-0.39, 0.29) is 17.9 Å². The Hall–Kier alpha value is -1.91. The molecule has 1 N–H and O–H groups in total. The zero-order chi connectivity index (χ0) is 19.8. The standard InChI is InChI=1S/C21H29N5OS/c1-13(2)10-26-21-18(14(3)24-26)8-19(28-21)20(27)23-16-4-6-17(7-5-16)25-11-15(9-22)12-25/h8,13,15-17H,4-7,10-12H2,1-3H3,(H,23,27). The highest BCUT2D eigenvalue weighted by Crippen LogP contribution is 2.31. The van der Waals surface area contributed by atoms with E-state index >= 15 is 0 Å². The fourth-order valence-corrected chi connectivity index (χ4v) is 5.50. The van der Waals surface area contributed by atoms with E-state index in [1.165, 1.54) is 0 Å². The number of nitriles is 1. The molecule has 2 fully saturated rings. The summed E-state index contributed by atoms with van der Waals surface area (Å²) in [7, 11) is 0. The van der Waals surface area contributed by atoms with Crippen molar-refractivity contribution in [2.45, 2.75) is 65.1 Å². The van der Waals surface area contributed by atoms with Gasteiger partial charge in [-0.1, -0.05) is 13.8 Å². The molecule has 1 saturated heterocycles. The third kappa shape index (κ3) is 3.81. The SMILES string of the molecule is Cc1nn(CC(C)C)c2sc(C(=O)NC3CCC(N4CC(C#N)C4)CC3)cc12. The van der Waals surface area contributed by atoms with Crippen LogP contribution < -0.4 is 5.32 Å². The number of carbonyl (C=O) groups is 1. The van der Waals surface area contributed by atoms with E-state index in [9.17, 15) is 4.79 Å². The molecule has 2 aliphatic rings. The van der Waals surface area contributed by atoms with Crippen molar-refractivity contribution in [1.82, 2.24) is 20.0 Å². The molecule has 0 aromatic carbocycles. The quantitative estimate of drug-likeness (QED) is 0.834. The van der Waals surface area contributed by atoms with Crippen molar-refractivity contribution in [2.75, 3.05) is 13.1 Å². The molecule has 7 heteroatoms. The first-order chi connectivity index (χ1) is 13.4. The number of hydrogen-bond donors (Lipinski definition) is 1. The molecular formula is C21H29N5OS. The smallest absolute Gasteiger partial charge is 0.261 e. The predicted octanol–water partition coefficient (Wildman–Crippen LogP) is 3.56. The van der Waals surface area contributed by atoms with Gasteiger partial charge < -0.3 is 5.32 Å². The van der Waals surface area contributed by atoms with Crippen LogP contribution in [0.3, 0.4) is 0 Å². The first kappa shape index (κ1) is 19.4. The van der Waals surface area contributed by atoms with Gasteiger partial charge in [0.1, 0.15) is 4.83 Å². The number of aryl methyl sites for hydroxylation is 1. The third-order valence-corrected chi connectivity index (χ3v) is 7.16. The minimum Gasteiger partial charge on any atom is -0.349 e. The fraction of sp³-hybridized carbons (Fsp3) is 0.667. The van der Waals surface area contributed by atoms with Crippen LogP contribution in [0.4, 0.5) is 0 Å². The number of rotatable bonds is 5. The molecule has 2 aromatic rings. The summed E-state index contributed by atoms with van der Waals surface area (Å²) in [5.41, 5.74) is 0.997. The highest BCUT2D eigenvalue weighted by molar-refractivity contribution is 7.20. The number of amides is 1. The first-order valence-corrected chi connectivity index (χ1v) is 11.2. The van der Waals surface area contributed by atoms with Crippen LogP contribution in [-0.2, 0) is 6.54 Å². The van der Waals surface area contributed by atoms with E-state index in [1.807, 2.05) is 17.7 Å². The van der Waals surface area contributed by atoms with Crippen LogP contribution in [0.2, 0.25) is 0 Å². The predicted molar refractivity (Wildman–Crippen MR) is 111 cm³/mol. The Balaban J connectivity index is 1.35. The highest BCUT2D eigenvalue weighted by Gasteiger charge is 2.34. The molecule has 0 radical (unpaired) electrons. The molecule has 1 aliphatic heterocycles. The second-order valence-electron chi connectivity index (χ2n) is 8.75. The van der Waals surface area contributed by atoms with Gasteiger partial charge in [-0.2, -0.15) is 10.4 Å². The molecule has 150 valence electrons. The molecular weight excluding hydrogens is 370 g/mol. The number of aromatic nitrogens is 2. The van der Waals surface area contributed by atoms with Gasteiger partial charge >= 0.3 is 0 Å². The van der Waals surface area contributed by atoms with Crippen LogP contribution in [0.5, 0.6) is 0 Å². The van der Waals surface area contributed by atoms with E-state index in [4.69, 9.17) is 5.26 Å². The van der Waals surface area contributed by atoms with Crippen LogP contribution >= 0.6 is 11.3 Å². The highest BCUT2D eigenvalue weighted by atomic mass is 32.1. The second-order valence-corrected chi connectivity index (χ2v) is 9.78. The molecule has 0 unspecified atom stereocenters. The lowest BCUT2D eigenvalue weighted by molar-refractivity contribution is 0.0529. The van der Waals surface area contributed by atoms with Gasteiger partial charge in [-0.05, 0) is 44.6 Å². The molecule has 3 heterocycles. The lowest BCUT2D eigenvalue weighted by Crippen LogP contribution is -2.53. The Morgan fingerprint density at radius 3 is 2.71 bits per heavy atom. The average molecular weight is 400 g/mol. The number of carbonyl (C=O) groups excluding carboxylic acids is 1. The Kier molecular flexibility index (Phi) is 5.44. The summed E-state index contributed by atoms with van der Waals surface area (Å²) in [6, 6.07) is 5.20. The lowest BCUT2D eigenvalue weighted by atomic mass is 9.87.